The van der Waals surface area contributed by atoms with E-state index in [4.69, 9.17) is 16.6 Å². The summed E-state index contributed by atoms with van der Waals surface area (Å²) >= 11 is 6.33. The van der Waals surface area contributed by atoms with Crippen LogP contribution < -0.4 is 5.32 Å². The van der Waals surface area contributed by atoms with Crippen LogP contribution in [0.25, 0.3) is 0 Å². The Bertz CT molecular complexity index is 746. The average Bonchev–Trinajstić information content (AvgIpc) is 3.22. The van der Waals surface area contributed by atoms with Gasteiger partial charge in [0.2, 0.25) is 0 Å². The Morgan fingerprint density at radius 3 is 2.68 bits per heavy atom. The summed E-state index contributed by atoms with van der Waals surface area (Å²) in [6, 6.07) is 6.66. The number of amides is 3. The molecule has 0 radical (unpaired) electrons. The van der Waals surface area contributed by atoms with Gasteiger partial charge in [-0.25, -0.2) is 9.79 Å². The lowest BCUT2D eigenvalue weighted by atomic mass is 10.1. The standard InChI is InChI=1S/C17H20ClN5O2/c1-21-14-13(15(24)20-17(21)25)23(10-11-6-2-3-7-12(11)18)16(19-14)22-8-4-5-9-22/h2-3,6-7,13-14H,4-5,8-10H2,1H3,(H,20,24,25). The molecule has 2 atom stereocenters. The number of rotatable bonds is 2. The van der Waals surface area contributed by atoms with Gasteiger partial charge in [0.25, 0.3) is 5.91 Å². The van der Waals surface area contributed by atoms with Gasteiger partial charge in [0.05, 0.1) is 0 Å². The van der Waals surface area contributed by atoms with E-state index in [1.165, 1.54) is 4.90 Å². The number of fused-ring (bicyclic) bond motifs is 1. The first kappa shape index (κ1) is 16.2. The van der Waals surface area contributed by atoms with Gasteiger partial charge in [0.1, 0.15) is 0 Å². The third-order valence-corrected chi connectivity index (χ3v) is 5.39. The fourth-order valence-corrected chi connectivity index (χ4v) is 3.87. The van der Waals surface area contributed by atoms with Gasteiger partial charge in [-0.1, -0.05) is 29.8 Å². The fraction of sp³-hybridized carbons (Fsp3) is 0.471. The van der Waals surface area contributed by atoms with Crippen molar-refractivity contribution in [1.82, 2.24) is 20.0 Å². The van der Waals surface area contributed by atoms with Gasteiger partial charge in [-0.3, -0.25) is 10.1 Å². The van der Waals surface area contributed by atoms with E-state index in [0.717, 1.165) is 37.5 Å². The number of aliphatic imine (C=N–C) groups is 1. The van der Waals surface area contributed by atoms with E-state index in [1.807, 2.05) is 29.2 Å². The lowest BCUT2D eigenvalue weighted by Crippen LogP contribution is -2.64. The summed E-state index contributed by atoms with van der Waals surface area (Å²) in [5.74, 6) is 0.474. The molecule has 2 saturated heterocycles. The zero-order valence-corrected chi connectivity index (χ0v) is 14.7. The lowest BCUT2D eigenvalue weighted by Gasteiger charge is -2.37. The highest BCUT2D eigenvalue weighted by Gasteiger charge is 2.49. The number of hydrogen-bond acceptors (Lipinski definition) is 5. The molecule has 1 N–H and O–H groups in total. The summed E-state index contributed by atoms with van der Waals surface area (Å²) in [4.78, 5) is 34.9. The number of carbonyl (C=O) groups is 2. The lowest BCUT2D eigenvalue weighted by molar-refractivity contribution is -0.127. The highest BCUT2D eigenvalue weighted by atomic mass is 35.5. The topological polar surface area (TPSA) is 68.2 Å². The Morgan fingerprint density at radius 2 is 1.96 bits per heavy atom. The van der Waals surface area contributed by atoms with Crippen LogP contribution in [-0.2, 0) is 11.3 Å². The zero-order valence-electron chi connectivity index (χ0n) is 14.0. The number of likely N-dealkylation sites (N-methyl/N-ethyl adjacent to an activating group) is 1. The van der Waals surface area contributed by atoms with E-state index in [-0.39, 0.29) is 5.91 Å². The van der Waals surface area contributed by atoms with Crippen molar-refractivity contribution in [2.24, 2.45) is 4.99 Å². The molecule has 8 heteroatoms. The second-order valence-electron chi connectivity index (χ2n) is 6.61. The van der Waals surface area contributed by atoms with Crippen LogP contribution in [0.3, 0.4) is 0 Å². The Morgan fingerprint density at radius 1 is 1.24 bits per heavy atom. The number of nitrogens with one attached hydrogen (secondary N) is 1. The maximum atomic E-state index is 12.6. The van der Waals surface area contributed by atoms with E-state index in [9.17, 15) is 9.59 Å². The summed E-state index contributed by atoms with van der Waals surface area (Å²) in [6.45, 7) is 2.30. The van der Waals surface area contributed by atoms with Gasteiger partial charge in [-0.05, 0) is 24.5 Å². The van der Waals surface area contributed by atoms with Crippen molar-refractivity contribution >= 4 is 29.5 Å². The van der Waals surface area contributed by atoms with E-state index >= 15 is 0 Å². The smallest absolute Gasteiger partial charge is 0.325 e. The maximum Gasteiger partial charge on any atom is 0.325 e. The van der Waals surface area contributed by atoms with Crippen LogP contribution in [0, 0.1) is 0 Å². The molecular formula is C17H20ClN5O2. The van der Waals surface area contributed by atoms with Crippen molar-refractivity contribution < 1.29 is 9.59 Å². The number of halogens is 1. The molecule has 1 aromatic rings. The van der Waals surface area contributed by atoms with Crippen LogP contribution in [0.4, 0.5) is 4.79 Å². The predicted molar refractivity (Wildman–Crippen MR) is 94.1 cm³/mol. The number of hydrogen-bond donors (Lipinski definition) is 1. The number of carbonyl (C=O) groups excluding carboxylic acids is 2. The number of benzene rings is 1. The minimum Gasteiger partial charge on any atom is -0.343 e. The number of urea groups is 1. The highest BCUT2D eigenvalue weighted by molar-refractivity contribution is 6.31. The molecule has 3 heterocycles. The molecule has 4 rings (SSSR count). The SMILES string of the molecule is CN1C(=O)NC(=O)C2C1N=C(N1CCCC1)N2Cc1ccccc1Cl. The van der Waals surface area contributed by atoms with Gasteiger partial charge < -0.3 is 14.7 Å². The van der Waals surface area contributed by atoms with Crippen LogP contribution in [0.5, 0.6) is 0 Å². The van der Waals surface area contributed by atoms with E-state index in [1.54, 1.807) is 7.05 Å². The molecule has 0 spiro atoms. The van der Waals surface area contributed by atoms with Crippen LogP contribution in [-0.4, -0.2) is 64.9 Å². The molecule has 3 amide bonds. The van der Waals surface area contributed by atoms with Crippen molar-refractivity contribution in [3.05, 3.63) is 34.9 Å². The third-order valence-electron chi connectivity index (χ3n) is 5.03. The predicted octanol–water partition coefficient (Wildman–Crippen LogP) is 1.48. The van der Waals surface area contributed by atoms with E-state index in [0.29, 0.717) is 11.6 Å². The Hall–Kier alpha value is -2.28. The summed E-state index contributed by atoms with van der Waals surface area (Å²) in [7, 11) is 1.67. The second-order valence-corrected chi connectivity index (χ2v) is 7.01. The largest absolute Gasteiger partial charge is 0.343 e. The van der Waals surface area contributed by atoms with Crippen molar-refractivity contribution in [3.8, 4) is 0 Å². The van der Waals surface area contributed by atoms with Crippen molar-refractivity contribution in [2.75, 3.05) is 20.1 Å². The number of likely N-dealkylation sites (tertiary alicyclic amines) is 1. The quantitative estimate of drug-likeness (QED) is 0.866. The first-order valence-electron chi connectivity index (χ1n) is 8.47. The van der Waals surface area contributed by atoms with Crippen LogP contribution in [0.1, 0.15) is 18.4 Å². The van der Waals surface area contributed by atoms with Gasteiger partial charge in [-0.15, -0.1) is 0 Å². The van der Waals surface area contributed by atoms with Gasteiger partial charge >= 0.3 is 6.03 Å². The Kier molecular flexibility index (Phi) is 4.03. The minimum atomic E-state index is -0.533. The molecule has 0 aliphatic carbocycles. The summed E-state index contributed by atoms with van der Waals surface area (Å²) in [5, 5.41) is 3.08. The molecule has 1 aromatic carbocycles. The summed E-state index contributed by atoms with van der Waals surface area (Å²) < 4.78 is 0. The normalized spacial score (nSPS) is 26.0. The van der Waals surface area contributed by atoms with Crippen LogP contribution in [0.2, 0.25) is 5.02 Å². The molecule has 2 unspecified atom stereocenters. The molecular weight excluding hydrogens is 342 g/mol. The molecule has 7 nitrogen and oxygen atoms in total. The van der Waals surface area contributed by atoms with E-state index < -0.39 is 18.2 Å². The molecule has 0 saturated carbocycles. The molecule has 0 bridgehead atoms. The van der Waals surface area contributed by atoms with Crippen molar-refractivity contribution in [1.29, 1.82) is 0 Å². The molecule has 3 aliphatic heterocycles. The molecule has 0 aromatic heterocycles. The average molecular weight is 362 g/mol. The monoisotopic (exact) mass is 361 g/mol. The van der Waals surface area contributed by atoms with E-state index in [2.05, 4.69) is 10.2 Å². The minimum absolute atomic E-state index is 0.307. The molecule has 132 valence electrons. The first-order chi connectivity index (χ1) is 12.1. The third kappa shape index (κ3) is 2.72. The second kappa shape index (κ2) is 6.22. The van der Waals surface area contributed by atoms with Crippen LogP contribution in [0.15, 0.2) is 29.3 Å². The Balaban J connectivity index is 1.70. The van der Waals surface area contributed by atoms with Crippen molar-refractivity contribution in [2.45, 2.75) is 31.6 Å². The Labute approximate surface area is 151 Å². The number of nitrogens with zero attached hydrogens (tertiary/aromatic N) is 4. The summed E-state index contributed by atoms with van der Waals surface area (Å²) in [5.41, 5.74) is 0.934. The highest BCUT2D eigenvalue weighted by Crippen LogP contribution is 2.29. The van der Waals surface area contributed by atoms with Gasteiger partial charge in [0, 0.05) is 31.7 Å². The molecule has 2 fully saturated rings. The molecule has 25 heavy (non-hydrogen) atoms. The number of imide groups is 1. The van der Waals surface area contributed by atoms with Crippen LogP contribution >= 0.6 is 11.6 Å². The first-order valence-corrected chi connectivity index (χ1v) is 8.84. The van der Waals surface area contributed by atoms with Gasteiger partial charge in [-0.2, -0.15) is 0 Å². The maximum absolute atomic E-state index is 12.6. The summed E-state index contributed by atoms with van der Waals surface area (Å²) in [6.07, 6.45) is 1.71. The number of guanidine groups is 1. The van der Waals surface area contributed by atoms with Gasteiger partial charge in [0.15, 0.2) is 18.2 Å². The zero-order chi connectivity index (χ0) is 17.6. The van der Waals surface area contributed by atoms with Crippen molar-refractivity contribution in [3.63, 3.8) is 0 Å². The molecule has 3 aliphatic rings. The fourth-order valence-electron chi connectivity index (χ4n) is 3.67.